The second-order valence-electron chi connectivity index (χ2n) is 1.96. The van der Waals surface area contributed by atoms with Gasteiger partial charge in [-0.3, -0.25) is 10.2 Å². The summed E-state index contributed by atoms with van der Waals surface area (Å²) in [4.78, 5) is 18.2. The van der Waals surface area contributed by atoms with E-state index in [-0.39, 0.29) is 11.8 Å². The second kappa shape index (κ2) is 1.73. The minimum absolute atomic E-state index is 0.209. The maximum atomic E-state index is 10.9. The van der Waals surface area contributed by atoms with E-state index in [9.17, 15) is 4.79 Å². The molecule has 0 aromatic rings. The maximum absolute atomic E-state index is 10.9. The number of carbonyl (C=O) groups excluding carboxylic acids is 1. The Morgan fingerprint density at radius 3 is 3.30 bits per heavy atom. The summed E-state index contributed by atoms with van der Waals surface area (Å²) >= 11 is 0. The van der Waals surface area contributed by atoms with E-state index >= 15 is 0 Å². The molecule has 0 aliphatic carbocycles. The topological polar surface area (TPSA) is 66.2 Å². The lowest BCUT2D eigenvalue weighted by Gasteiger charge is -2.04. The molecule has 0 aromatic carbocycles. The van der Waals surface area contributed by atoms with Gasteiger partial charge in [-0.2, -0.15) is 5.10 Å². The number of amides is 1. The fourth-order valence-corrected chi connectivity index (χ4v) is 0.836. The van der Waals surface area contributed by atoms with Gasteiger partial charge in [-0.05, 0) is 0 Å². The molecule has 1 atom stereocenters. The Balaban J connectivity index is 2.40. The third-order valence-corrected chi connectivity index (χ3v) is 1.35. The molecule has 0 bridgehead atoms. The highest BCUT2D eigenvalue weighted by atomic mass is 16.1. The molecule has 2 rings (SSSR count). The van der Waals surface area contributed by atoms with E-state index in [2.05, 4.69) is 20.5 Å². The monoisotopic (exact) mass is 136 g/mol. The minimum Gasteiger partial charge on any atom is -0.271 e. The summed E-state index contributed by atoms with van der Waals surface area (Å²) in [6, 6.07) is 0. The summed E-state index contributed by atoms with van der Waals surface area (Å²) in [5, 5.41) is 3.67. The molecule has 2 aliphatic rings. The van der Waals surface area contributed by atoms with E-state index in [4.69, 9.17) is 0 Å². The summed E-state index contributed by atoms with van der Waals surface area (Å²) in [6.45, 7) is 0. The van der Waals surface area contributed by atoms with Crippen molar-refractivity contribution in [3.63, 3.8) is 0 Å². The zero-order valence-electron chi connectivity index (χ0n) is 4.98. The van der Waals surface area contributed by atoms with Crippen LogP contribution < -0.4 is 5.43 Å². The predicted molar refractivity (Wildman–Crippen MR) is 36.1 cm³/mol. The Morgan fingerprint density at radius 2 is 2.50 bits per heavy atom. The van der Waals surface area contributed by atoms with Gasteiger partial charge in [0.25, 0.3) is 5.91 Å². The lowest BCUT2D eigenvalue weighted by atomic mass is 10.1. The zero-order chi connectivity index (χ0) is 6.97. The molecule has 2 heterocycles. The van der Waals surface area contributed by atoms with Crippen molar-refractivity contribution in [3.05, 3.63) is 0 Å². The first kappa shape index (κ1) is 5.28. The van der Waals surface area contributed by atoms with Crippen LogP contribution in [-0.4, -0.2) is 24.3 Å². The normalized spacial score (nSPS) is 27.8. The van der Waals surface area contributed by atoms with Gasteiger partial charge in [0, 0.05) is 6.21 Å². The molecule has 1 amide bonds. The molecule has 0 saturated carbocycles. The molecule has 0 fully saturated rings. The maximum Gasteiger partial charge on any atom is 0.263 e. The molecule has 0 aromatic heterocycles. The lowest BCUT2D eigenvalue weighted by Crippen LogP contribution is -2.29. The summed E-state index contributed by atoms with van der Waals surface area (Å²) < 4.78 is 0. The molecule has 10 heavy (non-hydrogen) atoms. The van der Waals surface area contributed by atoms with Gasteiger partial charge in [0.15, 0.2) is 0 Å². The first-order valence-electron chi connectivity index (χ1n) is 2.81. The Hall–Kier alpha value is -1.52. The van der Waals surface area contributed by atoms with Gasteiger partial charge in [-0.15, -0.1) is 0 Å². The largest absolute Gasteiger partial charge is 0.271 e. The molecular weight excluding hydrogens is 132 g/mol. The van der Waals surface area contributed by atoms with E-state index in [1.54, 1.807) is 0 Å². The van der Waals surface area contributed by atoms with Crippen LogP contribution in [0.1, 0.15) is 0 Å². The number of carbonyl (C=O) groups is 1. The van der Waals surface area contributed by atoms with Crippen molar-refractivity contribution in [1.82, 2.24) is 5.43 Å². The van der Waals surface area contributed by atoms with Crippen molar-refractivity contribution < 1.29 is 4.79 Å². The van der Waals surface area contributed by atoms with Crippen LogP contribution >= 0.6 is 0 Å². The molecule has 0 spiro atoms. The third-order valence-electron chi connectivity index (χ3n) is 1.35. The van der Waals surface area contributed by atoms with E-state index in [0.29, 0.717) is 5.84 Å². The van der Waals surface area contributed by atoms with Gasteiger partial charge in [-0.25, -0.2) is 9.98 Å². The SMILES string of the molecule is O=C1N=CN=C2NN=CC12. The standard InChI is InChI=1S/C5H4N4O/c10-5-3-1-8-9-4(3)6-2-7-5/h1-3H,(H,6,7,9,10). The van der Waals surface area contributed by atoms with Crippen LogP contribution in [0.2, 0.25) is 0 Å². The number of rotatable bonds is 0. The van der Waals surface area contributed by atoms with Gasteiger partial charge in [0.2, 0.25) is 0 Å². The fourth-order valence-electron chi connectivity index (χ4n) is 0.836. The third kappa shape index (κ3) is 0.570. The highest BCUT2D eigenvalue weighted by molar-refractivity contribution is 6.21. The van der Waals surface area contributed by atoms with E-state index in [1.165, 1.54) is 12.6 Å². The summed E-state index contributed by atoms with van der Waals surface area (Å²) in [7, 11) is 0. The number of amidine groups is 1. The average molecular weight is 136 g/mol. The van der Waals surface area contributed by atoms with E-state index in [1.807, 2.05) is 0 Å². The highest BCUT2D eigenvalue weighted by Crippen LogP contribution is 2.06. The Kier molecular flexibility index (Phi) is 0.913. The Bertz CT molecular complexity index is 265. The van der Waals surface area contributed by atoms with Crippen LogP contribution in [0.4, 0.5) is 0 Å². The van der Waals surface area contributed by atoms with Crippen LogP contribution in [0, 0.1) is 5.92 Å². The molecule has 50 valence electrons. The number of hydrogen-bond acceptors (Lipinski definition) is 4. The molecule has 1 N–H and O–H groups in total. The smallest absolute Gasteiger partial charge is 0.263 e. The summed E-state index contributed by atoms with van der Waals surface area (Å²) in [5.41, 5.74) is 2.60. The van der Waals surface area contributed by atoms with Gasteiger partial charge < -0.3 is 0 Å². The van der Waals surface area contributed by atoms with Crippen LogP contribution in [-0.2, 0) is 4.79 Å². The van der Waals surface area contributed by atoms with Crippen LogP contribution in [0.15, 0.2) is 15.1 Å². The van der Waals surface area contributed by atoms with Crippen LogP contribution in [0.5, 0.6) is 0 Å². The van der Waals surface area contributed by atoms with Crippen LogP contribution in [0.3, 0.4) is 0 Å². The molecule has 1 unspecified atom stereocenters. The Labute approximate surface area is 56.6 Å². The number of hydrazone groups is 1. The van der Waals surface area contributed by atoms with Gasteiger partial charge >= 0.3 is 0 Å². The fraction of sp³-hybridized carbons (Fsp3) is 0.200. The average Bonchev–Trinajstić information content (AvgIpc) is 2.36. The number of fused-ring (bicyclic) bond motifs is 1. The molecule has 5 nitrogen and oxygen atoms in total. The summed E-state index contributed by atoms with van der Waals surface area (Å²) in [6.07, 6.45) is 2.73. The minimum atomic E-state index is -0.356. The van der Waals surface area contributed by atoms with Gasteiger partial charge in [-0.1, -0.05) is 0 Å². The van der Waals surface area contributed by atoms with Crippen LogP contribution in [0.25, 0.3) is 0 Å². The molecule has 0 saturated heterocycles. The van der Waals surface area contributed by atoms with Crippen molar-refractivity contribution in [2.24, 2.45) is 21.0 Å². The van der Waals surface area contributed by atoms with Crippen molar-refractivity contribution in [3.8, 4) is 0 Å². The van der Waals surface area contributed by atoms with Crippen molar-refractivity contribution in [1.29, 1.82) is 0 Å². The molecule has 2 aliphatic heterocycles. The molecule has 5 heteroatoms. The van der Waals surface area contributed by atoms with Crippen molar-refractivity contribution in [2.45, 2.75) is 0 Å². The van der Waals surface area contributed by atoms with Crippen molar-refractivity contribution in [2.75, 3.05) is 0 Å². The highest BCUT2D eigenvalue weighted by Gasteiger charge is 2.27. The van der Waals surface area contributed by atoms with E-state index in [0.717, 1.165) is 0 Å². The van der Waals surface area contributed by atoms with Gasteiger partial charge in [0.1, 0.15) is 18.1 Å². The Morgan fingerprint density at radius 1 is 1.60 bits per heavy atom. The lowest BCUT2D eigenvalue weighted by molar-refractivity contribution is -0.118. The number of nitrogens with one attached hydrogen (secondary N) is 1. The first-order valence-corrected chi connectivity index (χ1v) is 2.81. The predicted octanol–water partition coefficient (Wildman–Crippen LogP) is -0.841. The first-order chi connectivity index (χ1) is 4.88. The molecule has 0 radical (unpaired) electrons. The number of aliphatic imine (C=N–C) groups is 2. The molecular formula is C5H4N4O. The second-order valence-corrected chi connectivity index (χ2v) is 1.96. The van der Waals surface area contributed by atoms with E-state index < -0.39 is 0 Å². The quantitative estimate of drug-likeness (QED) is 0.471. The van der Waals surface area contributed by atoms with Crippen molar-refractivity contribution >= 4 is 24.3 Å². The number of nitrogens with zero attached hydrogens (tertiary/aromatic N) is 3. The number of hydrogen-bond donors (Lipinski definition) is 1. The summed E-state index contributed by atoms with van der Waals surface area (Å²) in [5.74, 6) is 0.00347. The zero-order valence-corrected chi connectivity index (χ0v) is 4.98. The van der Waals surface area contributed by atoms with Gasteiger partial charge in [0.05, 0.1) is 0 Å².